The number of benzene rings is 7. The second kappa shape index (κ2) is 10.8. The molecule has 3 heteroatoms. The third-order valence-corrected chi connectivity index (χ3v) is 9.27. The van der Waals surface area contributed by atoms with Gasteiger partial charge in [0.15, 0.2) is 0 Å². The lowest BCUT2D eigenvalue weighted by atomic mass is 10.0. The van der Waals surface area contributed by atoms with Crippen LogP contribution in [0.4, 0.5) is 34.1 Å². The van der Waals surface area contributed by atoms with Crippen molar-refractivity contribution in [3.63, 3.8) is 0 Å². The van der Waals surface area contributed by atoms with Crippen molar-refractivity contribution in [3.05, 3.63) is 170 Å². The summed E-state index contributed by atoms with van der Waals surface area (Å²) in [6.07, 6.45) is 0. The molecule has 0 aliphatic heterocycles. The third-order valence-electron chi connectivity index (χ3n) is 8.01. The molecule has 0 N–H and O–H groups in total. The van der Waals surface area contributed by atoms with Crippen molar-refractivity contribution in [1.82, 2.24) is 0 Å². The molecule has 204 valence electrons. The van der Waals surface area contributed by atoms with Crippen LogP contribution in [0.25, 0.3) is 30.9 Å². The number of rotatable bonds is 6. The molecule has 0 aliphatic rings. The third kappa shape index (κ3) is 4.42. The molecule has 0 radical (unpaired) electrons. The average molecular weight is 569 g/mol. The lowest BCUT2D eigenvalue weighted by molar-refractivity contribution is 1.28. The molecule has 0 amide bonds. The Morgan fingerprint density at radius 3 is 1.30 bits per heavy atom. The highest BCUT2D eigenvalue weighted by molar-refractivity contribution is 7.27. The van der Waals surface area contributed by atoms with Crippen LogP contribution in [-0.4, -0.2) is 0 Å². The van der Waals surface area contributed by atoms with Gasteiger partial charge in [-0.25, -0.2) is 0 Å². The first kappa shape index (κ1) is 25.3. The summed E-state index contributed by atoms with van der Waals surface area (Å²) in [6, 6.07) is 60.7. The van der Waals surface area contributed by atoms with Crippen molar-refractivity contribution in [2.45, 2.75) is 0 Å². The van der Waals surface area contributed by atoms with Gasteiger partial charge in [-0.05, 0) is 71.4 Å². The molecule has 1 heterocycles. The number of nitrogens with zero attached hydrogens (tertiary/aromatic N) is 2. The Morgan fingerprint density at radius 2 is 0.767 bits per heavy atom. The predicted molar refractivity (Wildman–Crippen MR) is 186 cm³/mol. The summed E-state index contributed by atoms with van der Waals surface area (Å²) in [5, 5.41) is 5.08. The van der Waals surface area contributed by atoms with Gasteiger partial charge in [-0.15, -0.1) is 11.3 Å². The molecular weight excluding hydrogens is 541 g/mol. The van der Waals surface area contributed by atoms with Crippen molar-refractivity contribution < 1.29 is 0 Å². The Morgan fingerprint density at radius 1 is 0.326 bits per heavy atom. The van der Waals surface area contributed by atoms with Crippen molar-refractivity contribution in [2.75, 3.05) is 9.80 Å². The first-order valence-electron chi connectivity index (χ1n) is 14.5. The van der Waals surface area contributed by atoms with E-state index in [1.807, 2.05) is 11.3 Å². The first-order chi connectivity index (χ1) is 21.4. The van der Waals surface area contributed by atoms with E-state index in [-0.39, 0.29) is 0 Å². The predicted octanol–water partition coefficient (Wildman–Crippen LogP) is 12.1. The molecule has 0 saturated heterocycles. The molecule has 43 heavy (non-hydrogen) atoms. The summed E-state index contributed by atoms with van der Waals surface area (Å²) in [5.41, 5.74) is 6.86. The van der Waals surface area contributed by atoms with Crippen LogP contribution in [0.15, 0.2) is 170 Å². The molecule has 1 aromatic heterocycles. The highest BCUT2D eigenvalue weighted by Gasteiger charge is 2.24. The van der Waals surface area contributed by atoms with Crippen LogP contribution in [0.3, 0.4) is 0 Å². The summed E-state index contributed by atoms with van der Waals surface area (Å²) in [5.74, 6) is 0. The van der Waals surface area contributed by atoms with Crippen LogP contribution >= 0.6 is 11.3 Å². The highest BCUT2D eigenvalue weighted by Crippen LogP contribution is 2.51. The molecule has 0 fully saturated rings. The summed E-state index contributed by atoms with van der Waals surface area (Å²) in [7, 11) is 0. The van der Waals surface area contributed by atoms with Gasteiger partial charge in [0.2, 0.25) is 0 Å². The molecule has 0 unspecified atom stereocenters. The second-order valence-corrected chi connectivity index (χ2v) is 11.6. The Labute approximate surface area is 255 Å². The van der Waals surface area contributed by atoms with Gasteiger partial charge >= 0.3 is 0 Å². The van der Waals surface area contributed by atoms with Gasteiger partial charge in [0.1, 0.15) is 0 Å². The van der Waals surface area contributed by atoms with Gasteiger partial charge in [-0.2, -0.15) is 0 Å². The molecular formula is C40H28N2S. The van der Waals surface area contributed by atoms with Crippen LogP contribution in [0.1, 0.15) is 0 Å². The lowest BCUT2D eigenvalue weighted by Gasteiger charge is -2.29. The number of para-hydroxylation sites is 4. The van der Waals surface area contributed by atoms with Crippen molar-refractivity contribution >= 4 is 76.4 Å². The minimum atomic E-state index is 1.13. The molecule has 2 nitrogen and oxygen atoms in total. The monoisotopic (exact) mass is 568 g/mol. The minimum Gasteiger partial charge on any atom is -0.310 e. The lowest BCUT2D eigenvalue weighted by Crippen LogP contribution is -2.12. The van der Waals surface area contributed by atoms with Crippen LogP contribution in [-0.2, 0) is 0 Å². The van der Waals surface area contributed by atoms with Crippen molar-refractivity contribution in [2.24, 2.45) is 0 Å². The van der Waals surface area contributed by atoms with Crippen molar-refractivity contribution in [3.8, 4) is 0 Å². The van der Waals surface area contributed by atoms with Crippen molar-refractivity contribution in [1.29, 1.82) is 0 Å². The van der Waals surface area contributed by atoms with Gasteiger partial charge in [0.05, 0.1) is 16.1 Å². The van der Waals surface area contributed by atoms with E-state index < -0.39 is 0 Å². The molecule has 0 spiro atoms. The molecule has 8 aromatic rings. The van der Waals surface area contributed by atoms with Crippen LogP contribution in [0.2, 0.25) is 0 Å². The largest absolute Gasteiger partial charge is 0.310 e. The summed E-state index contributed by atoms with van der Waals surface area (Å²) >= 11 is 1.89. The fourth-order valence-electron chi connectivity index (χ4n) is 6.10. The van der Waals surface area contributed by atoms with E-state index in [1.165, 1.54) is 42.3 Å². The maximum absolute atomic E-state index is 2.39. The van der Waals surface area contributed by atoms with E-state index >= 15 is 0 Å². The molecule has 8 rings (SSSR count). The van der Waals surface area contributed by atoms with Crippen LogP contribution < -0.4 is 9.80 Å². The Kier molecular flexibility index (Phi) is 6.36. The molecule has 0 bridgehead atoms. The molecule has 0 atom stereocenters. The van der Waals surface area contributed by atoms with E-state index in [2.05, 4.69) is 180 Å². The number of thiophene rings is 1. The minimum absolute atomic E-state index is 1.13. The fraction of sp³-hybridized carbons (Fsp3) is 0. The maximum atomic E-state index is 2.39. The Hall–Kier alpha value is -5.38. The molecule has 7 aromatic carbocycles. The van der Waals surface area contributed by atoms with E-state index in [0.29, 0.717) is 0 Å². The number of hydrogen-bond acceptors (Lipinski definition) is 3. The van der Waals surface area contributed by atoms with Gasteiger partial charge in [-0.3, -0.25) is 0 Å². The number of fused-ring (bicyclic) bond motifs is 5. The summed E-state index contributed by atoms with van der Waals surface area (Å²) < 4.78 is 2.57. The SMILES string of the molecule is c1ccc(N(c2ccccc2)c2ccc(N(c3ccccc3)c3ccccc3)c3c2sc2c4ccccc4ccc23)cc1. The maximum Gasteiger partial charge on any atom is 0.0641 e. The normalized spacial score (nSPS) is 11.3. The smallest absolute Gasteiger partial charge is 0.0641 e. The summed E-state index contributed by atoms with van der Waals surface area (Å²) in [6.45, 7) is 0. The zero-order valence-electron chi connectivity index (χ0n) is 23.5. The number of anilines is 6. The van der Waals surface area contributed by atoms with Crippen LogP contribution in [0.5, 0.6) is 0 Å². The molecule has 0 aliphatic carbocycles. The Balaban J connectivity index is 1.50. The summed E-state index contributed by atoms with van der Waals surface area (Å²) in [4.78, 5) is 4.78. The zero-order chi connectivity index (χ0) is 28.6. The van der Waals surface area contributed by atoms with Crippen LogP contribution in [0, 0.1) is 0 Å². The van der Waals surface area contributed by atoms with E-state index in [9.17, 15) is 0 Å². The van der Waals surface area contributed by atoms with E-state index in [1.54, 1.807) is 0 Å². The quantitative estimate of drug-likeness (QED) is 0.197. The van der Waals surface area contributed by atoms with E-state index in [4.69, 9.17) is 0 Å². The van der Waals surface area contributed by atoms with Gasteiger partial charge in [-0.1, -0.05) is 109 Å². The standard InChI is InChI=1S/C40H28N2S/c1-5-16-30(17-6-1)41(31-18-7-2-8-19-31)36-27-28-37(42(32-20-9-3-10-21-32)33-22-11-4-12-23-33)40-38(36)35-26-25-29-15-13-14-24-34(29)39(35)43-40/h1-28H. The fourth-order valence-corrected chi connectivity index (χ4v) is 7.46. The Bertz CT molecular complexity index is 2090. The van der Waals surface area contributed by atoms with E-state index in [0.717, 1.165) is 22.7 Å². The van der Waals surface area contributed by atoms with Gasteiger partial charge in [0, 0.05) is 38.2 Å². The molecule has 0 saturated carbocycles. The highest BCUT2D eigenvalue weighted by atomic mass is 32.1. The second-order valence-electron chi connectivity index (χ2n) is 10.6. The zero-order valence-corrected chi connectivity index (χ0v) is 24.3. The topological polar surface area (TPSA) is 6.48 Å². The van der Waals surface area contributed by atoms with Gasteiger partial charge < -0.3 is 9.80 Å². The number of hydrogen-bond donors (Lipinski definition) is 0. The van der Waals surface area contributed by atoms with Gasteiger partial charge in [0.25, 0.3) is 0 Å². The average Bonchev–Trinajstić information content (AvgIpc) is 3.49. The first-order valence-corrected chi connectivity index (χ1v) is 15.4.